The molecule has 0 amide bonds. The normalized spacial score (nSPS) is 27.6. The van der Waals surface area contributed by atoms with Gasteiger partial charge in [0, 0.05) is 37.3 Å². The van der Waals surface area contributed by atoms with Crippen LogP contribution in [-0.4, -0.2) is 35.9 Å². The van der Waals surface area contributed by atoms with Crippen LogP contribution in [0.1, 0.15) is 29.3 Å². The second kappa shape index (κ2) is 4.24. The summed E-state index contributed by atoms with van der Waals surface area (Å²) in [6.07, 6.45) is 1.35. The Kier molecular flexibility index (Phi) is 2.73. The van der Waals surface area contributed by atoms with Gasteiger partial charge in [-0.15, -0.1) is 0 Å². The average Bonchev–Trinajstić information content (AvgIpc) is 2.28. The van der Waals surface area contributed by atoms with Crippen molar-refractivity contribution in [3.8, 4) is 0 Å². The van der Waals surface area contributed by atoms with E-state index in [1.165, 1.54) is 12.0 Å². The van der Waals surface area contributed by atoms with Gasteiger partial charge < -0.3 is 5.32 Å². The Balaban J connectivity index is 1.63. The molecule has 0 radical (unpaired) electrons. The van der Waals surface area contributed by atoms with E-state index in [0.29, 0.717) is 12.1 Å². The Morgan fingerprint density at radius 2 is 1.88 bits per heavy atom. The molecule has 4 rings (SSSR count). The number of hydrogen-bond donors (Lipinski definition) is 1. The highest BCUT2D eigenvalue weighted by molar-refractivity contribution is 5.93. The smallest absolute Gasteiger partial charge is 0.159 e. The third-order valence-electron chi connectivity index (χ3n) is 3.76. The maximum atomic E-state index is 11.2. The van der Waals surface area contributed by atoms with Gasteiger partial charge in [0.25, 0.3) is 0 Å². The molecule has 2 unspecified atom stereocenters. The summed E-state index contributed by atoms with van der Waals surface area (Å²) in [5.74, 6) is 0.139. The minimum Gasteiger partial charge on any atom is -0.309 e. The van der Waals surface area contributed by atoms with Gasteiger partial charge in [-0.25, -0.2) is 0 Å². The van der Waals surface area contributed by atoms with E-state index in [-0.39, 0.29) is 5.78 Å². The molecule has 2 atom stereocenters. The van der Waals surface area contributed by atoms with Crippen LogP contribution in [0.3, 0.4) is 0 Å². The van der Waals surface area contributed by atoms with Crippen molar-refractivity contribution in [3.05, 3.63) is 35.4 Å². The largest absolute Gasteiger partial charge is 0.309 e. The quantitative estimate of drug-likeness (QED) is 0.797. The number of hydrogen-bond acceptors (Lipinski definition) is 3. The monoisotopic (exact) mass is 230 g/mol. The number of piperazine rings is 1. The zero-order valence-corrected chi connectivity index (χ0v) is 10.1. The number of nitrogens with zero attached hydrogens (tertiary/aromatic N) is 1. The van der Waals surface area contributed by atoms with Crippen molar-refractivity contribution >= 4 is 5.78 Å². The lowest BCUT2D eigenvalue weighted by Gasteiger charge is -2.48. The summed E-state index contributed by atoms with van der Waals surface area (Å²) >= 11 is 0. The van der Waals surface area contributed by atoms with E-state index in [9.17, 15) is 4.79 Å². The van der Waals surface area contributed by atoms with Gasteiger partial charge in [0.05, 0.1) is 0 Å². The fraction of sp³-hybridized carbons (Fsp3) is 0.500. The topological polar surface area (TPSA) is 32.3 Å². The van der Waals surface area contributed by atoms with Crippen LogP contribution >= 0.6 is 0 Å². The SMILES string of the molecule is CC(=O)c1ccc(CN2CC3CC(C2)N3)cc1. The maximum Gasteiger partial charge on any atom is 0.159 e. The highest BCUT2D eigenvalue weighted by atomic mass is 16.1. The van der Waals surface area contributed by atoms with Gasteiger partial charge in [-0.3, -0.25) is 9.69 Å². The van der Waals surface area contributed by atoms with E-state index in [1.807, 2.05) is 12.1 Å². The highest BCUT2D eigenvalue weighted by Crippen LogP contribution is 2.22. The van der Waals surface area contributed by atoms with Crippen LogP contribution in [-0.2, 0) is 6.54 Å². The van der Waals surface area contributed by atoms with Crippen molar-refractivity contribution < 1.29 is 4.79 Å². The molecule has 3 fully saturated rings. The third-order valence-corrected chi connectivity index (χ3v) is 3.76. The average molecular weight is 230 g/mol. The Hall–Kier alpha value is -1.19. The Bertz CT molecular complexity index is 410. The van der Waals surface area contributed by atoms with Crippen LogP contribution in [0.25, 0.3) is 0 Å². The number of Topliss-reactive ketones (excluding diaryl/α,β-unsaturated/α-hetero) is 1. The summed E-state index contributed by atoms with van der Waals surface area (Å²) < 4.78 is 0. The number of ketones is 1. The Labute approximate surface area is 102 Å². The molecular weight excluding hydrogens is 212 g/mol. The first kappa shape index (κ1) is 10.9. The fourth-order valence-electron chi connectivity index (χ4n) is 2.84. The minimum atomic E-state index is 0.139. The summed E-state index contributed by atoms with van der Waals surface area (Å²) in [4.78, 5) is 13.7. The molecule has 1 N–H and O–H groups in total. The van der Waals surface area contributed by atoms with E-state index in [2.05, 4.69) is 22.3 Å². The van der Waals surface area contributed by atoms with Crippen molar-refractivity contribution in [2.75, 3.05) is 13.1 Å². The molecule has 3 aliphatic heterocycles. The molecule has 0 spiro atoms. The van der Waals surface area contributed by atoms with Gasteiger partial charge in [0.2, 0.25) is 0 Å². The van der Waals surface area contributed by atoms with Crippen molar-refractivity contribution in [3.63, 3.8) is 0 Å². The zero-order valence-electron chi connectivity index (χ0n) is 10.1. The van der Waals surface area contributed by atoms with Crippen molar-refractivity contribution in [2.45, 2.75) is 32.0 Å². The van der Waals surface area contributed by atoms with Crippen molar-refractivity contribution in [1.29, 1.82) is 0 Å². The van der Waals surface area contributed by atoms with Crippen LogP contribution in [0.5, 0.6) is 0 Å². The molecule has 0 saturated carbocycles. The standard InChI is InChI=1S/C14H18N2O/c1-10(17)12-4-2-11(3-5-12)7-16-8-13-6-14(9-16)15-13/h2-5,13-15H,6-9H2,1H3. The van der Waals surface area contributed by atoms with Crippen LogP contribution in [0.4, 0.5) is 0 Å². The summed E-state index contributed by atoms with van der Waals surface area (Å²) in [7, 11) is 0. The molecule has 0 aliphatic carbocycles. The molecule has 3 saturated heterocycles. The number of rotatable bonds is 3. The molecular formula is C14H18N2O. The highest BCUT2D eigenvalue weighted by Gasteiger charge is 2.35. The fourth-order valence-corrected chi connectivity index (χ4v) is 2.84. The minimum absolute atomic E-state index is 0.139. The number of piperidine rings is 1. The summed E-state index contributed by atoms with van der Waals surface area (Å²) in [6, 6.07) is 9.44. The van der Waals surface area contributed by atoms with Gasteiger partial charge >= 0.3 is 0 Å². The van der Waals surface area contributed by atoms with Crippen LogP contribution in [0.2, 0.25) is 0 Å². The number of benzene rings is 1. The van der Waals surface area contributed by atoms with Gasteiger partial charge in [-0.05, 0) is 18.9 Å². The van der Waals surface area contributed by atoms with E-state index in [4.69, 9.17) is 0 Å². The van der Waals surface area contributed by atoms with Crippen LogP contribution in [0, 0.1) is 0 Å². The number of carbonyl (C=O) groups is 1. The first-order valence-electron chi connectivity index (χ1n) is 6.29. The predicted octanol–water partition coefficient (Wildman–Crippen LogP) is 1.44. The number of nitrogens with one attached hydrogen (secondary N) is 1. The molecule has 90 valence electrons. The van der Waals surface area contributed by atoms with Gasteiger partial charge in [-0.1, -0.05) is 24.3 Å². The molecule has 17 heavy (non-hydrogen) atoms. The first-order valence-corrected chi connectivity index (χ1v) is 6.29. The van der Waals surface area contributed by atoms with Crippen molar-refractivity contribution in [1.82, 2.24) is 10.2 Å². The van der Waals surface area contributed by atoms with E-state index >= 15 is 0 Å². The van der Waals surface area contributed by atoms with Crippen LogP contribution in [0.15, 0.2) is 24.3 Å². The molecule has 3 aliphatic rings. The lowest BCUT2D eigenvalue weighted by molar-refractivity contribution is 0.0726. The van der Waals surface area contributed by atoms with E-state index in [1.54, 1.807) is 6.92 Å². The Morgan fingerprint density at radius 3 is 2.41 bits per heavy atom. The van der Waals surface area contributed by atoms with E-state index < -0.39 is 0 Å². The number of fused-ring (bicyclic) bond motifs is 2. The summed E-state index contributed by atoms with van der Waals surface area (Å²) in [5.41, 5.74) is 2.10. The molecule has 3 heterocycles. The zero-order chi connectivity index (χ0) is 11.8. The third kappa shape index (κ3) is 2.26. The lowest BCUT2D eigenvalue weighted by atomic mass is 9.91. The lowest BCUT2D eigenvalue weighted by Crippen LogP contribution is -2.66. The second-order valence-corrected chi connectivity index (χ2v) is 5.24. The van der Waals surface area contributed by atoms with Crippen molar-refractivity contribution in [2.24, 2.45) is 0 Å². The second-order valence-electron chi connectivity index (χ2n) is 5.24. The van der Waals surface area contributed by atoms with Gasteiger partial charge in [-0.2, -0.15) is 0 Å². The van der Waals surface area contributed by atoms with Crippen LogP contribution < -0.4 is 5.32 Å². The van der Waals surface area contributed by atoms with Gasteiger partial charge in [0.1, 0.15) is 0 Å². The summed E-state index contributed by atoms with van der Waals surface area (Å²) in [6.45, 7) is 4.93. The number of carbonyl (C=O) groups excluding carboxylic acids is 1. The first-order chi connectivity index (χ1) is 8.20. The summed E-state index contributed by atoms with van der Waals surface area (Å²) in [5, 5.41) is 3.53. The van der Waals surface area contributed by atoms with Gasteiger partial charge in [0.15, 0.2) is 5.78 Å². The molecule has 1 aromatic carbocycles. The molecule has 3 nitrogen and oxygen atoms in total. The maximum absolute atomic E-state index is 11.2. The van der Waals surface area contributed by atoms with E-state index in [0.717, 1.165) is 25.2 Å². The Morgan fingerprint density at radius 1 is 1.29 bits per heavy atom. The molecule has 2 bridgehead atoms. The predicted molar refractivity (Wildman–Crippen MR) is 67.1 cm³/mol. The molecule has 3 heteroatoms. The molecule has 1 aromatic rings. The molecule has 0 aromatic heterocycles.